The first kappa shape index (κ1) is 26.4. The number of nitrogens with zero attached hydrogens (tertiary/aromatic N) is 1. The van der Waals surface area contributed by atoms with Gasteiger partial charge in [0.25, 0.3) is 5.91 Å². The molecule has 0 aliphatic carbocycles. The van der Waals surface area contributed by atoms with Gasteiger partial charge in [-0.25, -0.2) is 0 Å². The van der Waals surface area contributed by atoms with Gasteiger partial charge >= 0.3 is 0 Å². The van der Waals surface area contributed by atoms with E-state index in [2.05, 4.69) is 44.9 Å². The van der Waals surface area contributed by atoms with Gasteiger partial charge in [0.1, 0.15) is 6.61 Å². The second-order valence-electron chi connectivity index (χ2n) is 8.02. The van der Waals surface area contributed by atoms with E-state index >= 15 is 0 Å². The van der Waals surface area contributed by atoms with Crippen molar-refractivity contribution in [2.45, 2.75) is 25.8 Å². The van der Waals surface area contributed by atoms with E-state index in [1.54, 1.807) is 26.4 Å². The van der Waals surface area contributed by atoms with Crippen molar-refractivity contribution >= 4 is 28.5 Å². The molecule has 0 atom stereocenters. The van der Waals surface area contributed by atoms with Gasteiger partial charge in [-0.05, 0) is 83.8 Å². The molecular formula is C25H33IN2O6. The highest BCUT2D eigenvalue weighted by Gasteiger charge is 2.20. The maximum atomic E-state index is 12.8. The molecule has 1 aliphatic rings. The summed E-state index contributed by atoms with van der Waals surface area (Å²) < 4.78 is 22.7. The number of carbonyl (C=O) groups is 1. The summed E-state index contributed by atoms with van der Waals surface area (Å²) in [4.78, 5) is 15.3. The van der Waals surface area contributed by atoms with E-state index in [0.717, 1.165) is 54.0 Å². The largest absolute Gasteiger partial charge is 0.493 e. The Balaban J connectivity index is 1.49. The molecule has 0 unspecified atom stereocenters. The minimum absolute atomic E-state index is 0.0921. The van der Waals surface area contributed by atoms with Crippen molar-refractivity contribution in [3.05, 3.63) is 44.5 Å². The molecule has 1 aliphatic heterocycles. The second kappa shape index (κ2) is 13.0. The summed E-state index contributed by atoms with van der Waals surface area (Å²) in [7, 11) is 4.86. The summed E-state index contributed by atoms with van der Waals surface area (Å²) in [5.41, 5.74) is 3.00. The Bertz CT molecular complexity index is 984. The fourth-order valence-electron chi connectivity index (χ4n) is 4.08. The molecule has 0 bridgehead atoms. The van der Waals surface area contributed by atoms with E-state index in [1.807, 2.05) is 0 Å². The number of aliphatic hydroxyl groups excluding tert-OH is 1. The first-order valence-corrected chi connectivity index (χ1v) is 12.4. The number of hydrogen-bond acceptors (Lipinski definition) is 7. The zero-order valence-corrected chi connectivity index (χ0v) is 22.1. The third-order valence-corrected chi connectivity index (χ3v) is 6.43. The molecule has 3 rings (SSSR count). The maximum Gasteiger partial charge on any atom is 0.255 e. The zero-order chi connectivity index (χ0) is 24.5. The molecule has 2 aromatic rings. The van der Waals surface area contributed by atoms with Crippen LogP contribution in [0.3, 0.4) is 0 Å². The number of hydrogen-bond donors (Lipinski definition) is 2. The van der Waals surface area contributed by atoms with Crippen molar-refractivity contribution in [2.75, 3.05) is 54.2 Å². The quantitative estimate of drug-likeness (QED) is 0.293. The Labute approximate surface area is 214 Å². The third kappa shape index (κ3) is 6.67. The molecule has 2 aromatic carbocycles. The van der Waals surface area contributed by atoms with E-state index in [0.29, 0.717) is 23.6 Å². The van der Waals surface area contributed by atoms with Crippen molar-refractivity contribution in [3.8, 4) is 23.0 Å². The predicted octanol–water partition coefficient (Wildman–Crippen LogP) is 3.26. The molecular weight excluding hydrogens is 551 g/mol. The highest BCUT2D eigenvalue weighted by Crippen LogP contribution is 2.34. The molecule has 1 heterocycles. The second-order valence-corrected chi connectivity index (χ2v) is 9.27. The van der Waals surface area contributed by atoms with Gasteiger partial charge in [-0.1, -0.05) is 0 Å². The van der Waals surface area contributed by atoms with Crippen molar-refractivity contribution in [1.82, 2.24) is 10.2 Å². The lowest BCUT2D eigenvalue weighted by Crippen LogP contribution is -2.32. The average Bonchev–Trinajstić information content (AvgIpc) is 2.85. The van der Waals surface area contributed by atoms with Crippen molar-refractivity contribution in [3.63, 3.8) is 0 Å². The number of halogens is 1. The summed E-state index contributed by atoms with van der Waals surface area (Å²) >= 11 is 2.14. The zero-order valence-electron chi connectivity index (χ0n) is 20.0. The van der Waals surface area contributed by atoms with E-state index < -0.39 is 0 Å². The molecule has 0 spiro atoms. The highest BCUT2D eigenvalue weighted by molar-refractivity contribution is 14.1. The fourth-order valence-corrected chi connectivity index (χ4v) is 4.67. The molecule has 34 heavy (non-hydrogen) atoms. The molecule has 1 amide bonds. The average molecular weight is 584 g/mol. The molecule has 0 saturated carbocycles. The standard InChI is InChI=1S/C25H33IN2O6/c1-31-21-12-17-6-9-28(16-18(17)13-22(21)32-2)8-5-4-7-27-25(30)20-14-19(26)15-23(33-3)24(20)34-11-10-29/h12-15,29H,4-11,16H2,1-3H3,(H,27,30). The molecule has 0 radical (unpaired) electrons. The smallest absolute Gasteiger partial charge is 0.255 e. The van der Waals surface area contributed by atoms with Gasteiger partial charge in [-0.3, -0.25) is 9.69 Å². The first-order valence-electron chi connectivity index (χ1n) is 11.4. The summed E-state index contributed by atoms with van der Waals surface area (Å²) in [6, 6.07) is 7.72. The molecule has 0 saturated heterocycles. The Kier molecular flexibility index (Phi) is 10.1. The summed E-state index contributed by atoms with van der Waals surface area (Å²) in [5, 5.41) is 12.1. The van der Waals surface area contributed by atoms with Crippen LogP contribution in [0.5, 0.6) is 23.0 Å². The van der Waals surface area contributed by atoms with Gasteiger partial charge in [0.15, 0.2) is 23.0 Å². The predicted molar refractivity (Wildman–Crippen MR) is 138 cm³/mol. The summed E-state index contributed by atoms with van der Waals surface area (Å²) in [6.45, 7) is 3.37. The Morgan fingerprint density at radius 2 is 1.74 bits per heavy atom. The Hall–Kier alpha value is -2.24. The van der Waals surface area contributed by atoms with Gasteiger partial charge in [0.05, 0.1) is 33.5 Å². The van der Waals surface area contributed by atoms with Crippen LogP contribution in [0.15, 0.2) is 24.3 Å². The SMILES string of the molecule is COc1cc2c(cc1OC)CN(CCCCNC(=O)c1cc(I)cc(OC)c1OCCO)CC2. The number of fused-ring (bicyclic) bond motifs is 1. The summed E-state index contributed by atoms with van der Waals surface area (Å²) in [5.74, 6) is 2.16. The Morgan fingerprint density at radius 3 is 2.41 bits per heavy atom. The Morgan fingerprint density at radius 1 is 1.03 bits per heavy atom. The van der Waals surface area contributed by atoms with Crippen LogP contribution in [-0.2, 0) is 13.0 Å². The van der Waals surface area contributed by atoms with Crippen LogP contribution in [0.2, 0.25) is 0 Å². The number of aliphatic hydroxyl groups is 1. The minimum Gasteiger partial charge on any atom is -0.493 e. The van der Waals surface area contributed by atoms with Crippen LogP contribution >= 0.6 is 22.6 Å². The number of amides is 1. The molecule has 2 N–H and O–H groups in total. The highest BCUT2D eigenvalue weighted by atomic mass is 127. The van der Waals surface area contributed by atoms with E-state index in [4.69, 9.17) is 24.1 Å². The first-order chi connectivity index (χ1) is 16.5. The van der Waals surface area contributed by atoms with Crippen molar-refractivity contribution < 1.29 is 28.8 Å². The topological polar surface area (TPSA) is 89.5 Å². The number of carbonyl (C=O) groups excluding carboxylic acids is 1. The number of unbranched alkanes of at least 4 members (excludes halogenated alkanes) is 1. The molecule has 8 nitrogen and oxygen atoms in total. The van der Waals surface area contributed by atoms with Crippen LogP contribution in [0, 0.1) is 3.57 Å². The number of ether oxygens (including phenoxy) is 4. The minimum atomic E-state index is -0.210. The molecule has 9 heteroatoms. The van der Waals surface area contributed by atoms with Crippen LogP contribution < -0.4 is 24.3 Å². The van der Waals surface area contributed by atoms with Crippen LogP contribution in [0.4, 0.5) is 0 Å². The summed E-state index contributed by atoms with van der Waals surface area (Å²) in [6.07, 6.45) is 2.83. The van der Waals surface area contributed by atoms with Gasteiger partial charge in [-0.2, -0.15) is 0 Å². The maximum absolute atomic E-state index is 12.8. The van der Waals surface area contributed by atoms with Crippen LogP contribution in [0.1, 0.15) is 34.3 Å². The lowest BCUT2D eigenvalue weighted by atomic mass is 9.98. The van der Waals surface area contributed by atoms with Gasteiger partial charge in [0.2, 0.25) is 0 Å². The molecule has 0 aromatic heterocycles. The van der Waals surface area contributed by atoms with E-state index in [9.17, 15) is 4.79 Å². The number of nitrogens with one attached hydrogen (secondary N) is 1. The van der Waals surface area contributed by atoms with E-state index in [1.165, 1.54) is 18.2 Å². The van der Waals surface area contributed by atoms with Crippen LogP contribution in [0.25, 0.3) is 0 Å². The lowest BCUT2D eigenvalue weighted by molar-refractivity contribution is 0.0945. The van der Waals surface area contributed by atoms with Crippen LogP contribution in [-0.4, -0.2) is 70.1 Å². The van der Waals surface area contributed by atoms with Gasteiger partial charge < -0.3 is 29.4 Å². The number of benzene rings is 2. The fraction of sp³-hybridized carbons (Fsp3) is 0.480. The van der Waals surface area contributed by atoms with Gasteiger partial charge in [-0.15, -0.1) is 0 Å². The normalized spacial score (nSPS) is 13.2. The van der Waals surface area contributed by atoms with Crippen molar-refractivity contribution in [1.29, 1.82) is 0 Å². The molecule has 0 fully saturated rings. The number of rotatable bonds is 12. The van der Waals surface area contributed by atoms with Gasteiger partial charge in [0, 0.05) is 23.2 Å². The lowest BCUT2D eigenvalue weighted by Gasteiger charge is -2.29. The number of methoxy groups -OCH3 is 3. The monoisotopic (exact) mass is 584 g/mol. The van der Waals surface area contributed by atoms with Crippen molar-refractivity contribution in [2.24, 2.45) is 0 Å². The van der Waals surface area contributed by atoms with E-state index in [-0.39, 0.29) is 19.1 Å². The third-order valence-electron chi connectivity index (χ3n) is 5.81. The molecule has 186 valence electrons.